The van der Waals surface area contributed by atoms with Crippen LogP contribution in [0.2, 0.25) is 0 Å². The van der Waals surface area contributed by atoms with E-state index in [4.69, 9.17) is 4.42 Å². The zero-order valence-corrected chi connectivity index (χ0v) is 16.9. The van der Waals surface area contributed by atoms with Crippen molar-refractivity contribution in [1.29, 1.82) is 0 Å². The minimum Gasteiger partial charge on any atom is -0.450 e. The second-order valence-corrected chi connectivity index (χ2v) is 8.30. The Hall–Kier alpha value is -3.30. The number of imidazole rings is 1. The lowest BCUT2D eigenvalue weighted by Crippen LogP contribution is -2.19. The molecule has 5 rings (SSSR count). The van der Waals surface area contributed by atoms with E-state index in [0.717, 1.165) is 16.2 Å². The molecule has 1 saturated heterocycles. The van der Waals surface area contributed by atoms with Crippen LogP contribution < -0.4 is 5.32 Å². The highest BCUT2D eigenvalue weighted by atomic mass is 32.2. The minimum atomic E-state index is -0.336. The Bertz CT molecular complexity index is 1280. The van der Waals surface area contributed by atoms with Crippen molar-refractivity contribution < 1.29 is 13.6 Å². The molecule has 0 saturated carbocycles. The van der Waals surface area contributed by atoms with E-state index in [1.807, 2.05) is 30.3 Å². The average Bonchev–Trinajstić information content (AvgIpc) is 3.43. The SMILES string of the molecule is O=C1NC(=Nc2ccc(F)cc2)SC1=Cc1ccc(Sc2nc3ccccc3[nH]2)o1. The molecule has 148 valence electrons. The van der Waals surface area contributed by atoms with Crippen LogP contribution in [-0.4, -0.2) is 21.0 Å². The summed E-state index contributed by atoms with van der Waals surface area (Å²) in [6.07, 6.45) is 1.66. The maximum absolute atomic E-state index is 13.0. The van der Waals surface area contributed by atoms with Crippen LogP contribution in [0.15, 0.2) is 85.2 Å². The molecular weight excluding hydrogens is 423 g/mol. The number of furan rings is 1. The molecule has 1 aliphatic heterocycles. The number of aromatic nitrogens is 2. The van der Waals surface area contributed by atoms with Gasteiger partial charge in [0, 0.05) is 6.08 Å². The Morgan fingerprint density at radius 1 is 1.10 bits per heavy atom. The Labute approximate surface area is 178 Å². The lowest BCUT2D eigenvalue weighted by atomic mass is 10.3. The molecule has 0 aliphatic carbocycles. The number of carbonyl (C=O) groups is 1. The van der Waals surface area contributed by atoms with Crippen molar-refractivity contribution in [2.24, 2.45) is 4.99 Å². The van der Waals surface area contributed by atoms with Crippen LogP contribution in [0.3, 0.4) is 0 Å². The number of aromatic amines is 1. The van der Waals surface area contributed by atoms with E-state index in [1.54, 1.807) is 24.3 Å². The molecule has 30 heavy (non-hydrogen) atoms. The molecule has 1 aliphatic rings. The number of nitrogens with zero attached hydrogens (tertiary/aromatic N) is 2. The molecule has 0 bridgehead atoms. The first-order valence-electron chi connectivity index (χ1n) is 8.90. The predicted molar refractivity (Wildman–Crippen MR) is 116 cm³/mol. The summed E-state index contributed by atoms with van der Waals surface area (Å²) in [5, 5.41) is 4.52. The number of hydrogen-bond acceptors (Lipinski definition) is 6. The summed E-state index contributed by atoms with van der Waals surface area (Å²) in [5.41, 5.74) is 2.41. The fourth-order valence-electron chi connectivity index (χ4n) is 2.78. The molecule has 1 fully saturated rings. The third kappa shape index (κ3) is 4.03. The van der Waals surface area contributed by atoms with Crippen LogP contribution in [0.5, 0.6) is 0 Å². The van der Waals surface area contributed by atoms with Gasteiger partial charge in [0.1, 0.15) is 11.6 Å². The summed E-state index contributed by atoms with van der Waals surface area (Å²) in [7, 11) is 0. The molecule has 1 amide bonds. The van der Waals surface area contributed by atoms with Crippen LogP contribution in [-0.2, 0) is 4.79 Å². The number of amides is 1. The van der Waals surface area contributed by atoms with Crippen molar-refractivity contribution in [1.82, 2.24) is 15.3 Å². The van der Waals surface area contributed by atoms with E-state index in [2.05, 4.69) is 20.3 Å². The Morgan fingerprint density at radius 2 is 1.93 bits per heavy atom. The van der Waals surface area contributed by atoms with Crippen LogP contribution in [0.1, 0.15) is 5.76 Å². The molecule has 4 aromatic rings. The van der Waals surface area contributed by atoms with Gasteiger partial charge >= 0.3 is 0 Å². The van der Waals surface area contributed by atoms with Gasteiger partial charge in [-0.25, -0.2) is 14.4 Å². The van der Waals surface area contributed by atoms with Crippen molar-refractivity contribution in [3.05, 3.63) is 77.1 Å². The van der Waals surface area contributed by atoms with Gasteiger partial charge in [0.25, 0.3) is 5.91 Å². The van der Waals surface area contributed by atoms with E-state index in [9.17, 15) is 9.18 Å². The lowest BCUT2D eigenvalue weighted by molar-refractivity contribution is -0.115. The number of rotatable bonds is 4. The third-order valence-electron chi connectivity index (χ3n) is 4.15. The minimum absolute atomic E-state index is 0.260. The van der Waals surface area contributed by atoms with Crippen molar-refractivity contribution in [3.63, 3.8) is 0 Å². The molecule has 0 unspecified atom stereocenters. The molecule has 9 heteroatoms. The number of carbonyl (C=O) groups excluding carboxylic acids is 1. The standard InChI is InChI=1S/C21H13FN4O2S2/c22-12-5-7-13(8-6-12)23-20-26-19(27)17(29-20)11-14-9-10-18(28-14)30-21-24-15-3-1-2-4-16(15)25-21/h1-11H,(H,24,25)(H,23,26,27). The van der Waals surface area contributed by atoms with Gasteiger partial charge in [0.2, 0.25) is 0 Å². The van der Waals surface area contributed by atoms with E-state index in [1.165, 1.54) is 35.7 Å². The number of aliphatic imine (C=N–C) groups is 1. The number of hydrogen-bond donors (Lipinski definition) is 2. The van der Waals surface area contributed by atoms with E-state index < -0.39 is 0 Å². The number of nitrogens with one attached hydrogen (secondary N) is 2. The van der Waals surface area contributed by atoms with Gasteiger partial charge in [0.05, 0.1) is 21.6 Å². The predicted octanol–water partition coefficient (Wildman–Crippen LogP) is 5.34. The number of benzene rings is 2. The van der Waals surface area contributed by atoms with Crippen LogP contribution in [0.4, 0.5) is 10.1 Å². The highest BCUT2D eigenvalue weighted by Gasteiger charge is 2.24. The normalized spacial score (nSPS) is 16.6. The number of para-hydroxylation sites is 2. The molecular formula is C21H13FN4O2S2. The molecule has 0 spiro atoms. The van der Waals surface area contributed by atoms with Gasteiger partial charge in [0.15, 0.2) is 15.4 Å². The fraction of sp³-hybridized carbons (Fsp3) is 0. The maximum atomic E-state index is 13.0. The van der Waals surface area contributed by atoms with Crippen molar-refractivity contribution in [2.75, 3.05) is 0 Å². The van der Waals surface area contributed by atoms with Crippen molar-refractivity contribution in [3.8, 4) is 0 Å². The van der Waals surface area contributed by atoms with Crippen LogP contribution >= 0.6 is 23.5 Å². The van der Waals surface area contributed by atoms with Crippen LogP contribution in [0, 0.1) is 5.82 Å². The lowest BCUT2D eigenvalue weighted by Gasteiger charge is -1.95. The number of fused-ring (bicyclic) bond motifs is 1. The Kier molecular flexibility index (Phi) is 4.89. The first kappa shape index (κ1) is 18.7. The van der Waals surface area contributed by atoms with Crippen molar-refractivity contribution >= 4 is 57.4 Å². The quantitative estimate of drug-likeness (QED) is 0.422. The van der Waals surface area contributed by atoms with Crippen molar-refractivity contribution in [2.45, 2.75) is 10.2 Å². The summed E-state index contributed by atoms with van der Waals surface area (Å²) in [5.74, 6) is -0.0465. The Balaban J connectivity index is 1.31. The zero-order chi connectivity index (χ0) is 20.5. The smallest absolute Gasteiger partial charge is 0.264 e. The van der Waals surface area contributed by atoms with Gasteiger partial charge in [-0.2, -0.15) is 0 Å². The largest absolute Gasteiger partial charge is 0.450 e. The van der Waals surface area contributed by atoms with E-state index in [-0.39, 0.29) is 11.7 Å². The summed E-state index contributed by atoms with van der Waals surface area (Å²) < 4.78 is 18.8. The van der Waals surface area contributed by atoms with E-state index >= 15 is 0 Å². The molecule has 6 nitrogen and oxygen atoms in total. The van der Waals surface area contributed by atoms with Gasteiger partial charge in [-0.05, 0) is 72.1 Å². The highest BCUT2D eigenvalue weighted by Crippen LogP contribution is 2.32. The summed E-state index contributed by atoms with van der Waals surface area (Å²) in [4.78, 5) is 24.8. The molecule has 3 heterocycles. The number of H-pyrrole nitrogens is 1. The second kappa shape index (κ2) is 7.85. The number of halogens is 1. The molecule has 2 N–H and O–H groups in total. The number of thioether (sulfide) groups is 1. The molecule has 2 aromatic heterocycles. The summed E-state index contributed by atoms with van der Waals surface area (Å²) >= 11 is 2.57. The molecule has 2 aromatic carbocycles. The first-order valence-corrected chi connectivity index (χ1v) is 10.5. The second-order valence-electron chi connectivity index (χ2n) is 6.28. The highest BCUT2D eigenvalue weighted by molar-refractivity contribution is 8.18. The van der Waals surface area contributed by atoms with Gasteiger partial charge in [-0.1, -0.05) is 12.1 Å². The summed E-state index contributed by atoms with van der Waals surface area (Å²) in [6.45, 7) is 0. The van der Waals surface area contributed by atoms with Gasteiger partial charge in [-0.15, -0.1) is 0 Å². The molecule has 0 radical (unpaired) electrons. The topological polar surface area (TPSA) is 83.3 Å². The monoisotopic (exact) mass is 436 g/mol. The Morgan fingerprint density at radius 3 is 2.77 bits per heavy atom. The third-order valence-corrected chi connectivity index (χ3v) is 5.87. The van der Waals surface area contributed by atoms with E-state index in [0.29, 0.717) is 26.6 Å². The van der Waals surface area contributed by atoms with Gasteiger partial charge in [-0.3, -0.25) is 4.79 Å². The average molecular weight is 436 g/mol. The maximum Gasteiger partial charge on any atom is 0.264 e. The number of amidine groups is 1. The summed E-state index contributed by atoms with van der Waals surface area (Å²) in [6, 6.07) is 17.1. The van der Waals surface area contributed by atoms with Crippen LogP contribution in [0.25, 0.3) is 17.1 Å². The molecule has 0 atom stereocenters. The first-order chi connectivity index (χ1) is 14.6. The zero-order valence-electron chi connectivity index (χ0n) is 15.3. The van der Waals surface area contributed by atoms with Gasteiger partial charge < -0.3 is 14.7 Å². The fourth-order valence-corrected chi connectivity index (χ4v) is 4.37.